The average Bonchev–Trinajstić information content (AvgIpc) is 2.89. The predicted octanol–water partition coefficient (Wildman–Crippen LogP) is 4.20. The number of hydrogen-bond donors (Lipinski definition) is 1. The first-order valence-electron chi connectivity index (χ1n) is 5.70. The Bertz CT molecular complexity index is 572. The summed E-state index contributed by atoms with van der Waals surface area (Å²) in [6.45, 7) is 2.63. The van der Waals surface area contributed by atoms with E-state index in [0.29, 0.717) is 12.1 Å². The van der Waals surface area contributed by atoms with Crippen molar-refractivity contribution >= 4 is 49.1 Å². The Morgan fingerprint density at radius 2 is 2.26 bits per heavy atom. The standard InChI is InChI=1S/C13H12Br2N2OS/c1-8(13-16-4-5-19-13)7-17-12(18)10-3-2-9(14)6-11(10)15/h2-6,8H,7H2,1H3,(H,17,18). The summed E-state index contributed by atoms with van der Waals surface area (Å²) < 4.78 is 1.72. The second-order valence-electron chi connectivity index (χ2n) is 4.11. The van der Waals surface area contributed by atoms with Gasteiger partial charge in [0.25, 0.3) is 5.91 Å². The van der Waals surface area contributed by atoms with E-state index in [0.717, 1.165) is 14.0 Å². The van der Waals surface area contributed by atoms with Crippen LogP contribution in [0.1, 0.15) is 28.2 Å². The lowest BCUT2D eigenvalue weighted by Crippen LogP contribution is -2.27. The number of nitrogens with one attached hydrogen (secondary N) is 1. The Balaban J connectivity index is 1.98. The number of carbonyl (C=O) groups excluding carboxylic acids is 1. The van der Waals surface area contributed by atoms with E-state index >= 15 is 0 Å². The molecule has 1 unspecified atom stereocenters. The minimum atomic E-state index is -0.0808. The molecule has 1 atom stereocenters. The smallest absolute Gasteiger partial charge is 0.252 e. The molecule has 6 heteroatoms. The highest BCUT2D eigenvalue weighted by molar-refractivity contribution is 9.11. The number of aromatic nitrogens is 1. The molecule has 0 saturated heterocycles. The molecule has 0 radical (unpaired) electrons. The lowest BCUT2D eigenvalue weighted by molar-refractivity contribution is 0.0951. The number of benzene rings is 1. The fourth-order valence-corrected chi connectivity index (χ4v) is 3.51. The summed E-state index contributed by atoms with van der Waals surface area (Å²) in [5.41, 5.74) is 0.634. The van der Waals surface area contributed by atoms with Crippen molar-refractivity contribution < 1.29 is 4.79 Å². The van der Waals surface area contributed by atoms with Gasteiger partial charge in [-0.2, -0.15) is 0 Å². The van der Waals surface area contributed by atoms with Gasteiger partial charge in [-0.3, -0.25) is 4.79 Å². The zero-order valence-electron chi connectivity index (χ0n) is 10.2. The maximum Gasteiger partial charge on any atom is 0.252 e. The van der Waals surface area contributed by atoms with Gasteiger partial charge in [0, 0.05) is 33.0 Å². The number of nitrogens with zero attached hydrogens (tertiary/aromatic N) is 1. The Morgan fingerprint density at radius 1 is 1.47 bits per heavy atom. The molecule has 3 nitrogen and oxygen atoms in total. The molecule has 0 saturated carbocycles. The number of rotatable bonds is 4. The topological polar surface area (TPSA) is 42.0 Å². The minimum absolute atomic E-state index is 0.0808. The fourth-order valence-electron chi connectivity index (χ4n) is 1.58. The number of amides is 1. The SMILES string of the molecule is CC(CNC(=O)c1ccc(Br)cc1Br)c1nccs1. The van der Waals surface area contributed by atoms with E-state index in [4.69, 9.17) is 0 Å². The highest BCUT2D eigenvalue weighted by atomic mass is 79.9. The molecule has 1 heterocycles. The Labute approximate surface area is 132 Å². The van der Waals surface area contributed by atoms with E-state index in [1.54, 1.807) is 23.6 Å². The van der Waals surface area contributed by atoms with Gasteiger partial charge in [0.2, 0.25) is 0 Å². The second kappa shape index (κ2) is 6.63. The van der Waals surface area contributed by atoms with Crippen molar-refractivity contribution in [3.63, 3.8) is 0 Å². The molecule has 1 N–H and O–H groups in total. The van der Waals surface area contributed by atoms with E-state index in [1.165, 1.54) is 0 Å². The van der Waals surface area contributed by atoms with Crippen LogP contribution >= 0.6 is 43.2 Å². The maximum atomic E-state index is 12.1. The van der Waals surface area contributed by atoms with Gasteiger partial charge in [-0.25, -0.2) is 4.98 Å². The molecule has 0 spiro atoms. The number of halogens is 2. The molecule has 1 aromatic heterocycles. The van der Waals surface area contributed by atoms with Crippen molar-refractivity contribution in [2.75, 3.05) is 6.54 Å². The zero-order chi connectivity index (χ0) is 13.8. The van der Waals surface area contributed by atoms with Crippen LogP contribution in [0.15, 0.2) is 38.7 Å². The molecule has 0 aliphatic rings. The first-order valence-corrected chi connectivity index (χ1v) is 8.17. The van der Waals surface area contributed by atoms with Gasteiger partial charge in [-0.15, -0.1) is 11.3 Å². The fraction of sp³-hybridized carbons (Fsp3) is 0.231. The lowest BCUT2D eigenvalue weighted by atomic mass is 10.1. The van der Waals surface area contributed by atoms with Crippen molar-refractivity contribution in [1.82, 2.24) is 10.3 Å². The van der Waals surface area contributed by atoms with Gasteiger partial charge in [-0.1, -0.05) is 22.9 Å². The monoisotopic (exact) mass is 402 g/mol. The van der Waals surface area contributed by atoms with E-state index in [1.807, 2.05) is 17.5 Å². The summed E-state index contributed by atoms with van der Waals surface area (Å²) >= 11 is 8.36. The molecule has 19 heavy (non-hydrogen) atoms. The number of hydrogen-bond acceptors (Lipinski definition) is 3. The highest BCUT2D eigenvalue weighted by Gasteiger charge is 2.13. The largest absolute Gasteiger partial charge is 0.351 e. The first kappa shape index (κ1) is 14.7. The molecule has 0 fully saturated rings. The van der Waals surface area contributed by atoms with Gasteiger partial charge in [0.15, 0.2) is 0 Å². The number of carbonyl (C=O) groups is 1. The van der Waals surface area contributed by atoms with Gasteiger partial charge < -0.3 is 5.32 Å². The van der Waals surface area contributed by atoms with Crippen molar-refractivity contribution in [2.45, 2.75) is 12.8 Å². The van der Waals surface area contributed by atoms with Crippen LogP contribution in [-0.4, -0.2) is 17.4 Å². The minimum Gasteiger partial charge on any atom is -0.351 e. The second-order valence-corrected chi connectivity index (χ2v) is 6.80. The van der Waals surface area contributed by atoms with E-state index in [-0.39, 0.29) is 11.8 Å². The Kier molecular flexibility index (Phi) is 5.13. The van der Waals surface area contributed by atoms with Gasteiger partial charge >= 0.3 is 0 Å². The van der Waals surface area contributed by atoms with Crippen molar-refractivity contribution in [3.05, 3.63) is 49.3 Å². The van der Waals surface area contributed by atoms with Crippen molar-refractivity contribution in [3.8, 4) is 0 Å². The van der Waals surface area contributed by atoms with Gasteiger partial charge in [-0.05, 0) is 34.1 Å². The summed E-state index contributed by atoms with van der Waals surface area (Å²) in [5.74, 6) is 0.140. The van der Waals surface area contributed by atoms with Crippen molar-refractivity contribution in [2.24, 2.45) is 0 Å². The molecule has 1 amide bonds. The first-order chi connectivity index (χ1) is 9.08. The van der Waals surface area contributed by atoms with Crippen LogP contribution in [0, 0.1) is 0 Å². The average molecular weight is 404 g/mol. The van der Waals surface area contributed by atoms with Crippen LogP contribution in [0.4, 0.5) is 0 Å². The lowest BCUT2D eigenvalue weighted by Gasteiger charge is -2.11. The van der Waals surface area contributed by atoms with Gasteiger partial charge in [0.1, 0.15) is 0 Å². The quantitative estimate of drug-likeness (QED) is 0.830. The predicted molar refractivity (Wildman–Crippen MR) is 84.7 cm³/mol. The van der Waals surface area contributed by atoms with Crippen LogP contribution in [-0.2, 0) is 0 Å². The van der Waals surface area contributed by atoms with E-state index in [9.17, 15) is 4.79 Å². The zero-order valence-corrected chi connectivity index (χ0v) is 14.2. The summed E-state index contributed by atoms with van der Waals surface area (Å²) in [6, 6.07) is 5.50. The van der Waals surface area contributed by atoms with E-state index < -0.39 is 0 Å². The van der Waals surface area contributed by atoms with Crippen LogP contribution in [0.25, 0.3) is 0 Å². The van der Waals surface area contributed by atoms with Crippen molar-refractivity contribution in [1.29, 1.82) is 0 Å². The van der Waals surface area contributed by atoms with E-state index in [2.05, 4.69) is 49.1 Å². The Hall–Kier alpha value is -0.720. The van der Waals surface area contributed by atoms with Crippen LogP contribution in [0.3, 0.4) is 0 Å². The molecular weight excluding hydrogens is 392 g/mol. The molecule has 100 valence electrons. The molecule has 2 aromatic rings. The normalized spacial score (nSPS) is 12.2. The maximum absolute atomic E-state index is 12.1. The summed E-state index contributed by atoms with van der Waals surface area (Å²) in [7, 11) is 0. The summed E-state index contributed by atoms with van der Waals surface area (Å²) in [5, 5.41) is 5.91. The summed E-state index contributed by atoms with van der Waals surface area (Å²) in [4.78, 5) is 16.3. The van der Waals surface area contributed by atoms with Crippen LogP contribution < -0.4 is 5.32 Å². The molecule has 1 aromatic carbocycles. The third-order valence-corrected chi connectivity index (χ3v) is 4.77. The molecule has 2 rings (SSSR count). The molecular formula is C13H12Br2N2OS. The molecule has 0 bridgehead atoms. The van der Waals surface area contributed by atoms with Crippen LogP contribution in [0.2, 0.25) is 0 Å². The van der Waals surface area contributed by atoms with Gasteiger partial charge in [0.05, 0.1) is 10.6 Å². The third-order valence-electron chi connectivity index (χ3n) is 2.62. The Morgan fingerprint density at radius 3 is 2.89 bits per heavy atom. The van der Waals surface area contributed by atoms with Crippen LogP contribution in [0.5, 0.6) is 0 Å². The highest BCUT2D eigenvalue weighted by Crippen LogP contribution is 2.22. The third kappa shape index (κ3) is 3.87. The molecule has 0 aliphatic heterocycles. The molecule has 0 aliphatic carbocycles. The number of thiazole rings is 1. The summed E-state index contributed by atoms with van der Waals surface area (Å²) in [6.07, 6.45) is 1.78.